The predicted octanol–water partition coefficient (Wildman–Crippen LogP) is 2.52. The van der Waals surface area contributed by atoms with Crippen LogP contribution in [0, 0.1) is 0 Å². The lowest BCUT2D eigenvalue weighted by atomic mass is 10.1. The lowest BCUT2D eigenvalue weighted by molar-refractivity contribution is 0.292. The van der Waals surface area contributed by atoms with E-state index in [1.807, 2.05) is 32.6 Å². The van der Waals surface area contributed by atoms with E-state index in [0.717, 1.165) is 46.2 Å². The summed E-state index contributed by atoms with van der Waals surface area (Å²) in [6.07, 6.45) is 12.3. The molecule has 1 aliphatic rings. The molecule has 2 aromatic heterocycles. The third-order valence-electron chi connectivity index (χ3n) is 5.07. The Morgan fingerprint density at radius 1 is 1.33 bits per heavy atom. The zero-order valence-electron chi connectivity index (χ0n) is 16.6. The van der Waals surface area contributed by atoms with E-state index in [9.17, 15) is 0 Å². The van der Waals surface area contributed by atoms with Crippen molar-refractivity contribution in [2.24, 2.45) is 7.05 Å². The van der Waals surface area contributed by atoms with Crippen molar-refractivity contribution < 1.29 is 0 Å². The molecule has 142 valence electrons. The van der Waals surface area contributed by atoms with E-state index in [0.29, 0.717) is 6.04 Å². The summed E-state index contributed by atoms with van der Waals surface area (Å²) in [5.74, 6) is 0.808. The quantitative estimate of drug-likeness (QED) is 0.857. The summed E-state index contributed by atoms with van der Waals surface area (Å²) in [5.41, 5.74) is 2.91. The Bertz CT molecular complexity index is 953. The summed E-state index contributed by atoms with van der Waals surface area (Å²) in [6.45, 7) is 14.7. The minimum absolute atomic E-state index is 0.625. The Balaban J connectivity index is 1.80. The maximum atomic E-state index is 4.54. The van der Waals surface area contributed by atoms with Crippen LogP contribution in [0.3, 0.4) is 0 Å². The van der Waals surface area contributed by atoms with Gasteiger partial charge in [0.1, 0.15) is 5.82 Å². The lowest BCUT2D eigenvalue weighted by Crippen LogP contribution is -2.31. The molecule has 0 aromatic carbocycles. The van der Waals surface area contributed by atoms with Crippen molar-refractivity contribution in [2.45, 2.75) is 32.7 Å². The normalized spacial score (nSPS) is 18.9. The minimum Gasteiger partial charge on any atom is -0.343 e. The summed E-state index contributed by atoms with van der Waals surface area (Å²) in [7, 11) is 1.91. The molecular formula is C22H29N5. The fourth-order valence-electron chi connectivity index (χ4n) is 3.47. The average Bonchev–Trinajstić information content (AvgIpc) is 3.24. The number of nitrogens with one attached hydrogen (secondary N) is 1. The molecule has 0 bridgehead atoms. The first-order chi connectivity index (χ1) is 13.0. The molecule has 0 amide bonds. The molecule has 0 saturated carbocycles. The molecule has 0 radical (unpaired) electrons. The topological polar surface area (TPSA) is 46.0 Å². The SMILES string of the molecule is C=C(CN1CCCC1C)Nc1cc(=C/C(=C)c2cnn(C)c2)/c(=C\C)cn1. The highest BCUT2D eigenvalue weighted by molar-refractivity contribution is 5.86. The van der Waals surface area contributed by atoms with Gasteiger partial charge in [0, 0.05) is 43.3 Å². The van der Waals surface area contributed by atoms with Crippen LogP contribution in [0.1, 0.15) is 32.3 Å². The smallest absolute Gasteiger partial charge is 0.130 e. The fourth-order valence-corrected chi connectivity index (χ4v) is 3.47. The Labute approximate surface area is 161 Å². The summed E-state index contributed by atoms with van der Waals surface area (Å²) >= 11 is 0. The molecule has 0 aliphatic carbocycles. The number of anilines is 1. The molecule has 1 saturated heterocycles. The van der Waals surface area contributed by atoms with Gasteiger partial charge in [0.25, 0.3) is 0 Å². The van der Waals surface area contributed by atoms with Crippen molar-refractivity contribution in [3.05, 3.63) is 59.5 Å². The minimum atomic E-state index is 0.625. The van der Waals surface area contributed by atoms with Gasteiger partial charge in [-0.3, -0.25) is 9.58 Å². The number of hydrogen-bond acceptors (Lipinski definition) is 4. The van der Waals surface area contributed by atoms with Gasteiger partial charge < -0.3 is 5.32 Å². The van der Waals surface area contributed by atoms with E-state index >= 15 is 0 Å². The van der Waals surface area contributed by atoms with Crippen LogP contribution in [-0.2, 0) is 7.05 Å². The monoisotopic (exact) mass is 363 g/mol. The van der Waals surface area contributed by atoms with Crippen LogP contribution in [0.2, 0.25) is 0 Å². The largest absolute Gasteiger partial charge is 0.343 e. The highest BCUT2D eigenvalue weighted by Gasteiger charge is 2.20. The van der Waals surface area contributed by atoms with Crippen molar-refractivity contribution in [1.29, 1.82) is 0 Å². The van der Waals surface area contributed by atoms with Gasteiger partial charge in [-0.2, -0.15) is 5.10 Å². The van der Waals surface area contributed by atoms with Gasteiger partial charge in [0.15, 0.2) is 0 Å². The van der Waals surface area contributed by atoms with Crippen molar-refractivity contribution in [1.82, 2.24) is 19.7 Å². The van der Waals surface area contributed by atoms with Crippen molar-refractivity contribution >= 4 is 23.5 Å². The number of aromatic nitrogens is 3. The summed E-state index contributed by atoms with van der Waals surface area (Å²) in [6, 6.07) is 2.68. The third kappa shape index (κ3) is 4.74. The van der Waals surface area contributed by atoms with E-state index in [1.165, 1.54) is 12.8 Å². The van der Waals surface area contributed by atoms with E-state index in [-0.39, 0.29) is 0 Å². The van der Waals surface area contributed by atoms with Crippen LogP contribution in [0.5, 0.6) is 0 Å². The van der Waals surface area contributed by atoms with Gasteiger partial charge in [-0.25, -0.2) is 4.98 Å². The molecule has 1 fully saturated rings. The molecule has 0 spiro atoms. The molecule has 3 rings (SSSR count). The first-order valence-corrected chi connectivity index (χ1v) is 9.47. The molecular weight excluding hydrogens is 334 g/mol. The number of aryl methyl sites for hydroxylation is 1. The molecule has 5 nitrogen and oxygen atoms in total. The number of rotatable bonds is 6. The molecule has 1 unspecified atom stereocenters. The van der Waals surface area contributed by atoms with Gasteiger partial charge in [0.05, 0.1) is 6.20 Å². The molecule has 2 aromatic rings. The second kappa shape index (κ2) is 8.35. The molecule has 5 heteroatoms. The number of pyridine rings is 1. The van der Waals surface area contributed by atoms with E-state index in [1.54, 1.807) is 4.68 Å². The van der Waals surface area contributed by atoms with Crippen LogP contribution < -0.4 is 15.8 Å². The second-order valence-electron chi connectivity index (χ2n) is 7.25. The van der Waals surface area contributed by atoms with E-state index < -0.39 is 0 Å². The number of hydrogen-bond donors (Lipinski definition) is 1. The number of likely N-dealkylation sites (tertiary alicyclic amines) is 1. The highest BCUT2D eigenvalue weighted by atomic mass is 15.2. The Morgan fingerprint density at radius 3 is 2.78 bits per heavy atom. The van der Waals surface area contributed by atoms with E-state index in [2.05, 4.69) is 58.6 Å². The van der Waals surface area contributed by atoms with Crippen molar-refractivity contribution in [3.63, 3.8) is 0 Å². The molecule has 1 atom stereocenters. The average molecular weight is 364 g/mol. The lowest BCUT2D eigenvalue weighted by Gasteiger charge is -2.22. The number of nitrogens with zero attached hydrogens (tertiary/aromatic N) is 4. The molecule has 27 heavy (non-hydrogen) atoms. The van der Waals surface area contributed by atoms with E-state index in [4.69, 9.17) is 0 Å². The molecule has 3 heterocycles. The maximum Gasteiger partial charge on any atom is 0.130 e. The zero-order chi connectivity index (χ0) is 19.4. The van der Waals surface area contributed by atoms with Gasteiger partial charge >= 0.3 is 0 Å². The third-order valence-corrected chi connectivity index (χ3v) is 5.07. The van der Waals surface area contributed by atoms with Crippen molar-refractivity contribution in [3.8, 4) is 0 Å². The van der Waals surface area contributed by atoms with Crippen molar-refractivity contribution in [2.75, 3.05) is 18.4 Å². The fraction of sp³-hybridized carbons (Fsp3) is 0.364. The number of allylic oxidation sites excluding steroid dienone is 1. The second-order valence-corrected chi connectivity index (χ2v) is 7.25. The standard InChI is InChI=1S/C22H29N5/c1-6-19-12-23-22(25-17(3)14-27-9-7-8-18(27)4)11-20(19)10-16(2)21-13-24-26(5)15-21/h6,10-13,15,18,25H,2-3,7-9,14H2,1,4-5H3/b19-6-,20-10-. The maximum absolute atomic E-state index is 4.54. The molecule has 1 aliphatic heterocycles. The van der Waals surface area contributed by atoms with Gasteiger partial charge in [-0.1, -0.05) is 19.2 Å². The summed E-state index contributed by atoms with van der Waals surface area (Å²) in [5, 5.41) is 9.74. The van der Waals surface area contributed by atoms with Gasteiger partial charge in [0.2, 0.25) is 0 Å². The molecule has 1 N–H and O–H groups in total. The Morgan fingerprint density at radius 2 is 2.15 bits per heavy atom. The highest BCUT2D eigenvalue weighted by Crippen LogP contribution is 2.17. The summed E-state index contributed by atoms with van der Waals surface area (Å²) in [4.78, 5) is 7.00. The van der Waals surface area contributed by atoms with Crippen LogP contribution in [0.15, 0.2) is 43.5 Å². The van der Waals surface area contributed by atoms with Gasteiger partial charge in [-0.15, -0.1) is 0 Å². The van der Waals surface area contributed by atoms with Gasteiger partial charge in [-0.05, 0) is 61.4 Å². The predicted molar refractivity (Wildman–Crippen MR) is 113 cm³/mol. The van der Waals surface area contributed by atoms with Crippen LogP contribution in [-0.4, -0.2) is 38.8 Å². The zero-order valence-corrected chi connectivity index (χ0v) is 16.6. The Hall–Kier alpha value is -2.66. The Kier molecular flexibility index (Phi) is 5.91. The first kappa shape index (κ1) is 19.1. The van der Waals surface area contributed by atoms with Crippen LogP contribution >= 0.6 is 0 Å². The first-order valence-electron chi connectivity index (χ1n) is 9.47. The van der Waals surface area contributed by atoms with Crippen LogP contribution in [0.4, 0.5) is 5.82 Å². The summed E-state index contributed by atoms with van der Waals surface area (Å²) < 4.78 is 1.78. The van der Waals surface area contributed by atoms with Crippen LogP contribution in [0.25, 0.3) is 17.7 Å².